The predicted molar refractivity (Wildman–Crippen MR) is 125 cm³/mol. The smallest absolute Gasteiger partial charge is 0.252 e. The summed E-state index contributed by atoms with van der Waals surface area (Å²) in [6, 6.07) is 14.8. The van der Waals surface area contributed by atoms with E-state index in [0.29, 0.717) is 40.6 Å². The molecule has 3 aromatic rings. The molecule has 0 bridgehead atoms. The molecule has 33 heavy (non-hydrogen) atoms. The van der Waals surface area contributed by atoms with Crippen molar-refractivity contribution in [2.24, 2.45) is 5.73 Å². The van der Waals surface area contributed by atoms with E-state index in [0.717, 1.165) is 19.4 Å². The van der Waals surface area contributed by atoms with Crippen LogP contribution < -0.4 is 15.2 Å². The third kappa shape index (κ3) is 4.92. The van der Waals surface area contributed by atoms with Crippen molar-refractivity contribution in [3.05, 3.63) is 72.9 Å². The highest BCUT2D eigenvalue weighted by Gasteiger charge is 2.27. The number of hydrogen-bond donors (Lipinski definition) is 2. The van der Waals surface area contributed by atoms with Crippen LogP contribution in [0.1, 0.15) is 29.2 Å². The lowest BCUT2D eigenvalue weighted by Crippen LogP contribution is -2.42. The first-order valence-electron chi connectivity index (χ1n) is 10.8. The number of likely N-dealkylation sites (tertiary alicyclic amines) is 1. The van der Waals surface area contributed by atoms with Gasteiger partial charge in [0.15, 0.2) is 11.5 Å². The van der Waals surface area contributed by atoms with Gasteiger partial charge < -0.3 is 20.3 Å². The number of ether oxygens (including phenoxy) is 2. The van der Waals surface area contributed by atoms with Crippen molar-refractivity contribution in [3.8, 4) is 28.5 Å². The Kier molecular flexibility index (Phi) is 6.76. The second kappa shape index (κ2) is 9.89. The minimum atomic E-state index is -0.708. The predicted octanol–water partition coefficient (Wildman–Crippen LogP) is 3.59. The monoisotopic (exact) mass is 448 g/mol. The number of aliphatic hydroxyl groups is 1. The van der Waals surface area contributed by atoms with Crippen LogP contribution >= 0.6 is 0 Å². The number of amides is 1. The lowest BCUT2D eigenvalue weighted by Gasteiger charge is -2.34. The summed E-state index contributed by atoms with van der Waals surface area (Å²) in [7, 11) is 1.56. The molecule has 8 heteroatoms. The average Bonchev–Trinajstić information content (AvgIpc) is 3.30. The number of nitrogens with two attached hydrogens (primary N) is 1. The van der Waals surface area contributed by atoms with Gasteiger partial charge >= 0.3 is 0 Å². The molecule has 3 N–H and O–H groups in total. The minimum absolute atomic E-state index is 0.00258. The maximum atomic E-state index is 12.2. The fraction of sp³-hybridized carbons (Fsp3) is 0.280. The second-order valence-corrected chi connectivity index (χ2v) is 7.96. The fourth-order valence-corrected chi connectivity index (χ4v) is 4.08. The van der Waals surface area contributed by atoms with Crippen LogP contribution in [0.3, 0.4) is 0 Å². The molecule has 1 fully saturated rings. The summed E-state index contributed by atoms with van der Waals surface area (Å²) in [5.41, 5.74) is 7.18. The Labute approximate surface area is 192 Å². The molecule has 1 aliphatic rings. The van der Waals surface area contributed by atoms with E-state index in [1.807, 2.05) is 41.3 Å². The largest absolute Gasteiger partial charge is 0.493 e. The Morgan fingerprint density at radius 2 is 2.06 bits per heavy atom. The Hall–Kier alpha value is -3.62. The van der Waals surface area contributed by atoms with Crippen LogP contribution in [0.4, 0.5) is 0 Å². The number of para-hydroxylation sites is 1. The quantitative estimate of drug-likeness (QED) is 0.511. The number of carbonyl (C=O) groups excluding carboxylic acids is 1. The van der Waals surface area contributed by atoms with Crippen molar-refractivity contribution in [2.45, 2.75) is 25.1 Å². The van der Waals surface area contributed by atoms with Gasteiger partial charge in [0.1, 0.15) is 17.7 Å². The van der Waals surface area contributed by atoms with E-state index < -0.39 is 12.1 Å². The second-order valence-electron chi connectivity index (χ2n) is 7.96. The van der Waals surface area contributed by atoms with E-state index in [2.05, 4.69) is 6.58 Å². The first-order chi connectivity index (χ1) is 16.0. The average molecular weight is 449 g/mol. The Balaban J connectivity index is 1.65. The zero-order valence-electron chi connectivity index (χ0n) is 18.6. The molecule has 1 aromatic heterocycles. The Morgan fingerprint density at radius 3 is 2.76 bits per heavy atom. The summed E-state index contributed by atoms with van der Waals surface area (Å²) in [5, 5.41) is 14.9. The number of carbonyl (C=O) groups is 1. The van der Waals surface area contributed by atoms with E-state index in [9.17, 15) is 9.90 Å². The molecule has 2 atom stereocenters. The zero-order chi connectivity index (χ0) is 23.4. The third-order valence-electron chi connectivity index (χ3n) is 5.79. The van der Waals surface area contributed by atoms with E-state index in [1.54, 1.807) is 30.1 Å². The lowest BCUT2D eigenvalue weighted by molar-refractivity contribution is 0.0121. The minimum Gasteiger partial charge on any atom is -0.493 e. The van der Waals surface area contributed by atoms with Crippen molar-refractivity contribution in [2.75, 3.05) is 20.2 Å². The number of methoxy groups -OCH3 is 1. The van der Waals surface area contributed by atoms with E-state index in [1.165, 1.54) is 6.08 Å². The van der Waals surface area contributed by atoms with Gasteiger partial charge in [0.05, 0.1) is 18.7 Å². The highest BCUT2D eigenvalue weighted by atomic mass is 16.5. The molecule has 0 radical (unpaired) electrons. The number of primary amides is 1. The van der Waals surface area contributed by atoms with Crippen LogP contribution in [0.25, 0.3) is 11.3 Å². The van der Waals surface area contributed by atoms with Crippen molar-refractivity contribution < 1.29 is 19.4 Å². The summed E-state index contributed by atoms with van der Waals surface area (Å²) in [6.45, 7) is 5.04. The Morgan fingerprint density at radius 1 is 1.27 bits per heavy atom. The normalized spacial score (nSPS) is 17.3. The van der Waals surface area contributed by atoms with Gasteiger partial charge in [-0.2, -0.15) is 5.10 Å². The van der Waals surface area contributed by atoms with Gasteiger partial charge in [0, 0.05) is 24.8 Å². The molecule has 0 aliphatic carbocycles. The molecule has 1 aliphatic heterocycles. The van der Waals surface area contributed by atoms with Gasteiger partial charge in [-0.15, -0.1) is 0 Å². The van der Waals surface area contributed by atoms with Crippen molar-refractivity contribution >= 4 is 5.91 Å². The van der Waals surface area contributed by atoms with Crippen LogP contribution in [-0.2, 0) is 0 Å². The number of hydrogen-bond acceptors (Lipinski definition) is 6. The summed E-state index contributed by atoms with van der Waals surface area (Å²) < 4.78 is 13.2. The van der Waals surface area contributed by atoms with Crippen LogP contribution in [0, 0.1) is 0 Å². The molecule has 2 aromatic carbocycles. The molecule has 8 nitrogen and oxygen atoms in total. The Bertz CT molecular complexity index is 1130. The zero-order valence-corrected chi connectivity index (χ0v) is 18.6. The topological polar surface area (TPSA) is 103 Å². The summed E-state index contributed by atoms with van der Waals surface area (Å²) >= 11 is 0. The van der Waals surface area contributed by atoms with Gasteiger partial charge in [-0.25, -0.2) is 0 Å². The number of aliphatic hydroxyl groups excluding tert-OH is 1. The molecule has 0 saturated carbocycles. The van der Waals surface area contributed by atoms with E-state index in [4.69, 9.17) is 20.3 Å². The van der Waals surface area contributed by atoms with Gasteiger partial charge in [-0.3, -0.25) is 14.4 Å². The summed E-state index contributed by atoms with van der Waals surface area (Å²) in [5.74, 6) is 1.20. The van der Waals surface area contributed by atoms with Crippen molar-refractivity contribution in [1.29, 1.82) is 0 Å². The molecule has 1 amide bonds. The SMILES string of the molecule is C=CC(O)N1CCC[C@@H](n2cc(C(N)=O)c(-c3ccc(Oc4ccccc4)c(OC)c3)n2)C1. The molecule has 1 unspecified atom stereocenters. The maximum Gasteiger partial charge on any atom is 0.252 e. The van der Waals surface area contributed by atoms with Crippen molar-refractivity contribution in [1.82, 2.24) is 14.7 Å². The van der Waals surface area contributed by atoms with Gasteiger partial charge in [-0.1, -0.05) is 24.8 Å². The highest BCUT2D eigenvalue weighted by molar-refractivity contribution is 5.98. The molecule has 4 rings (SSSR count). The van der Waals surface area contributed by atoms with Gasteiger partial charge in [0.25, 0.3) is 5.91 Å². The first kappa shape index (κ1) is 22.6. The van der Waals surface area contributed by atoms with Gasteiger partial charge in [0.2, 0.25) is 0 Å². The molecular weight excluding hydrogens is 420 g/mol. The van der Waals surface area contributed by atoms with Crippen LogP contribution in [0.2, 0.25) is 0 Å². The molecule has 0 spiro atoms. The van der Waals surface area contributed by atoms with Crippen LogP contribution in [0.15, 0.2) is 67.4 Å². The fourth-order valence-electron chi connectivity index (χ4n) is 4.08. The van der Waals surface area contributed by atoms with Gasteiger partial charge in [-0.05, 0) is 49.2 Å². The number of aromatic nitrogens is 2. The maximum absolute atomic E-state index is 12.2. The summed E-state index contributed by atoms with van der Waals surface area (Å²) in [6.07, 6.45) is 4.27. The number of piperidine rings is 1. The standard InChI is InChI=1S/C25H28N4O4/c1-3-23(30)28-13-7-8-18(15-28)29-16-20(25(26)31)24(27-29)17-11-12-21(22(14-17)32-2)33-19-9-5-4-6-10-19/h3-6,9-12,14,16,18,23,30H,1,7-8,13,15H2,2H3,(H2,26,31)/t18-,23?/m1/s1. The molecule has 1 saturated heterocycles. The lowest BCUT2D eigenvalue weighted by atomic mass is 10.1. The number of rotatable bonds is 8. The molecule has 2 heterocycles. The third-order valence-corrected chi connectivity index (χ3v) is 5.79. The number of benzene rings is 2. The van der Waals surface area contributed by atoms with Crippen LogP contribution in [-0.4, -0.2) is 52.1 Å². The van der Waals surface area contributed by atoms with Crippen LogP contribution in [0.5, 0.6) is 17.2 Å². The summed E-state index contributed by atoms with van der Waals surface area (Å²) in [4.78, 5) is 14.2. The highest BCUT2D eigenvalue weighted by Crippen LogP contribution is 2.36. The first-order valence-corrected chi connectivity index (χ1v) is 10.8. The van der Waals surface area contributed by atoms with Crippen molar-refractivity contribution in [3.63, 3.8) is 0 Å². The van der Waals surface area contributed by atoms with E-state index >= 15 is 0 Å². The molecular formula is C25H28N4O4. The number of nitrogens with zero attached hydrogens (tertiary/aromatic N) is 3. The van der Waals surface area contributed by atoms with E-state index in [-0.39, 0.29) is 6.04 Å². The molecule has 172 valence electrons.